The standard InChI is InChI=1S/C14H22N6O/c1-5-11-10(8-19(4)18-11)7-16-14(21)13-12(15)9(3)17-20(13)6-2/h8H,5-7,15H2,1-4H3,(H,16,21). The molecule has 0 atom stereocenters. The second-order valence-corrected chi connectivity index (χ2v) is 4.97. The number of hydrogen-bond donors (Lipinski definition) is 2. The monoisotopic (exact) mass is 290 g/mol. The van der Waals surface area contributed by atoms with Crippen molar-refractivity contribution in [3.63, 3.8) is 0 Å². The molecule has 0 bridgehead atoms. The minimum absolute atomic E-state index is 0.208. The van der Waals surface area contributed by atoms with Crippen molar-refractivity contribution in [3.05, 3.63) is 28.8 Å². The Morgan fingerprint density at radius 2 is 2.10 bits per heavy atom. The number of nitrogens with two attached hydrogens (primary N) is 1. The molecule has 0 saturated heterocycles. The van der Waals surface area contributed by atoms with Gasteiger partial charge in [0.15, 0.2) is 0 Å². The van der Waals surface area contributed by atoms with Gasteiger partial charge in [-0.05, 0) is 20.3 Å². The number of nitrogens with one attached hydrogen (secondary N) is 1. The van der Waals surface area contributed by atoms with E-state index in [1.54, 1.807) is 16.3 Å². The Hall–Kier alpha value is -2.31. The van der Waals surface area contributed by atoms with Crippen LogP contribution < -0.4 is 11.1 Å². The molecule has 0 radical (unpaired) electrons. The first-order valence-corrected chi connectivity index (χ1v) is 7.10. The average Bonchev–Trinajstić information content (AvgIpc) is 2.96. The van der Waals surface area contributed by atoms with E-state index in [1.165, 1.54) is 0 Å². The van der Waals surface area contributed by atoms with Crippen LogP contribution in [-0.2, 0) is 26.6 Å². The number of rotatable bonds is 5. The van der Waals surface area contributed by atoms with E-state index >= 15 is 0 Å². The molecular weight excluding hydrogens is 268 g/mol. The molecule has 7 nitrogen and oxygen atoms in total. The summed E-state index contributed by atoms with van der Waals surface area (Å²) in [6.07, 6.45) is 2.75. The summed E-state index contributed by atoms with van der Waals surface area (Å²) >= 11 is 0. The molecule has 0 spiro atoms. The maximum atomic E-state index is 12.4. The second kappa shape index (κ2) is 5.99. The van der Waals surface area contributed by atoms with Crippen molar-refractivity contribution in [2.75, 3.05) is 5.73 Å². The predicted octanol–water partition coefficient (Wildman–Crippen LogP) is 1.02. The SMILES string of the molecule is CCc1nn(C)cc1CNC(=O)c1c(N)c(C)nn1CC. The Balaban J connectivity index is 2.15. The molecule has 7 heteroatoms. The minimum Gasteiger partial charge on any atom is -0.395 e. The first-order chi connectivity index (χ1) is 9.97. The summed E-state index contributed by atoms with van der Waals surface area (Å²) in [7, 11) is 1.87. The van der Waals surface area contributed by atoms with Gasteiger partial charge in [0.25, 0.3) is 5.91 Å². The van der Waals surface area contributed by atoms with Crippen LogP contribution in [0.5, 0.6) is 0 Å². The highest BCUT2D eigenvalue weighted by molar-refractivity contribution is 5.97. The highest BCUT2D eigenvalue weighted by atomic mass is 16.2. The molecular formula is C14H22N6O. The Morgan fingerprint density at radius 1 is 1.38 bits per heavy atom. The third-order valence-corrected chi connectivity index (χ3v) is 3.45. The van der Waals surface area contributed by atoms with Gasteiger partial charge < -0.3 is 11.1 Å². The van der Waals surface area contributed by atoms with Gasteiger partial charge in [0.2, 0.25) is 0 Å². The quantitative estimate of drug-likeness (QED) is 0.860. The summed E-state index contributed by atoms with van der Waals surface area (Å²) in [6, 6.07) is 0. The van der Waals surface area contributed by atoms with Crippen molar-refractivity contribution in [2.45, 2.75) is 40.3 Å². The van der Waals surface area contributed by atoms with E-state index in [0.717, 1.165) is 17.7 Å². The Morgan fingerprint density at radius 3 is 2.71 bits per heavy atom. The first kappa shape index (κ1) is 15.1. The molecule has 0 aliphatic rings. The van der Waals surface area contributed by atoms with Gasteiger partial charge in [-0.3, -0.25) is 14.2 Å². The summed E-state index contributed by atoms with van der Waals surface area (Å²) in [4.78, 5) is 12.4. The molecule has 21 heavy (non-hydrogen) atoms. The number of hydrogen-bond acceptors (Lipinski definition) is 4. The fourth-order valence-corrected chi connectivity index (χ4v) is 2.35. The van der Waals surface area contributed by atoms with Crippen molar-refractivity contribution in [2.24, 2.45) is 7.05 Å². The van der Waals surface area contributed by atoms with Crippen molar-refractivity contribution in [3.8, 4) is 0 Å². The number of nitrogen functional groups attached to an aromatic ring is 1. The predicted molar refractivity (Wildman–Crippen MR) is 80.8 cm³/mol. The summed E-state index contributed by atoms with van der Waals surface area (Å²) in [5, 5.41) is 11.5. The van der Waals surface area contributed by atoms with Crippen LogP contribution in [0.3, 0.4) is 0 Å². The van der Waals surface area contributed by atoms with Gasteiger partial charge >= 0.3 is 0 Å². The van der Waals surface area contributed by atoms with Crippen LogP contribution in [0.4, 0.5) is 5.69 Å². The van der Waals surface area contributed by atoms with Gasteiger partial charge in [0, 0.05) is 31.9 Å². The van der Waals surface area contributed by atoms with E-state index in [2.05, 4.69) is 15.5 Å². The lowest BCUT2D eigenvalue weighted by atomic mass is 10.2. The molecule has 0 saturated carbocycles. The van der Waals surface area contributed by atoms with Crippen LogP contribution in [0.15, 0.2) is 6.20 Å². The van der Waals surface area contributed by atoms with E-state index in [0.29, 0.717) is 30.2 Å². The third-order valence-electron chi connectivity index (χ3n) is 3.45. The molecule has 0 aromatic carbocycles. The van der Waals surface area contributed by atoms with Crippen LogP contribution >= 0.6 is 0 Å². The van der Waals surface area contributed by atoms with Crippen LogP contribution in [0, 0.1) is 6.92 Å². The minimum atomic E-state index is -0.208. The van der Waals surface area contributed by atoms with Gasteiger partial charge in [0.05, 0.1) is 17.1 Å². The zero-order chi connectivity index (χ0) is 15.6. The highest BCUT2D eigenvalue weighted by Crippen LogP contribution is 2.16. The molecule has 1 amide bonds. The fraction of sp³-hybridized carbons (Fsp3) is 0.500. The smallest absolute Gasteiger partial charge is 0.271 e. The van der Waals surface area contributed by atoms with Crippen LogP contribution in [-0.4, -0.2) is 25.5 Å². The third kappa shape index (κ3) is 2.91. The molecule has 2 heterocycles. The number of carbonyl (C=O) groups is 1. The zero-order valence-electron chi connectivity index (χ0n) is 13.0. The van der Waals surface area contributed by atoms with Gasteiger partial charge in [-0.25, -0.2) is 0 Å². The lowest BCUT2D eigenvalue weighted by Gasteiger charge is -2.07. The summed E-state index contributed by atoms with van der Waals surface area (Å²) in [5.74, 6) is -0.208. The lowest BCUT2D eigenvalue weighted by Crippen LogP contribution is -2.26. The molecule has 0 unspecified atom stereocenters. The number of aryl methyl sites for hydroxylation is 4. The van der Waals surface area contributed by atoms with Gasteiger partial charge in [-0.1, -0.05) is 6.92 Å². The zero-order valence-corrected chi connectivity index (χ0v) is 13.0. The van der Waals surface area contributed by atoms with Crippen LogP contribution in [0.1, 0.15) is 41.3 Å². The van der Waals surface area contributed by atoms with Crippen LogP contribution in [0.25, 0.3) is 0 Å². The largest absolute Gasteiger partial charge is 0.395 e. The van der Waals surface area contributed by atoms with Crippen molar-refractivity contribution >= 4 is 11.6 Å². The Bertz CT molecular complexity index is 655. The Labute approximate surface area is 124 Å². The molecule has 114 valence electrons. The lowest BCUT2D eigenvalue weighted by molar-refractivity contribution is 0.0941. The second-order valence-electron chi connectivity index (χ2n) is 4.97. The summed E-state index contributed by atoms with van der Waals surface area (Å²) in [5.41, 5.74) is 9.51. The van der Waals surface area contributed by atoms with Gasteiger partial charge in [0.1, 0.15) is 5.69 Å². The molecule has 2 rings (SSSR count). The molecule has 2 aromatic rings. The summed E-state index contributed by atoms with van der Waals surface area (Å²) < 4.78 is 3.39. The Kier molecular flexibility index (Phi) is 4.30. The topological polar surface area (TPSA) is 90.8 Å². The number of carbonyl (C=O) groups excluding carboxylic acids is 1. The van der Waals surface area contributed by atoms with E-state index in [-0.39, 0.29) is 5.91 Å². The molecule has 0 fully saturated rings. The number of anilines is 1. The van der Waals surface area contributed by atoms with Gasteiger partial charge in [-0.2, -0.15) is 10.2 Å². The van der Waals surface area contributed by atoms with Crippen molar-refractivity contribution in [1.29, 1.82) is 0 Å². The highest BCUT2D eigenvalue weighted by Gasteiger charge is 2.19. The first-order valence-electron chi connectivity index (χ1n) is 7.10. The maximum absolute atomic E-state index is 12.4. The van der Waals surface area contributed by atoms with Gasteiger partial charge in [-0.15, -0.1) is 0 Å². The van der Waals surface area contributed by atoms with E-state index in [1.807, 2.05) is 27.1 Å². The fourth-order valence-electron chi connectivity index (χ4n) is 2.35. The average molecular weight is 290 g/mol. The van der Waals surface area contributed by atoms with E-state index in [4.69, 9.17) is 5.73 Å². The molecule has 2 aromatic heterocycles. The number of nitrogens with zero attached hydrogens (tertiary/aromatic N) is 4. The van der Waals surface area contributed by atoms with Crippen molar-refractivity contribution < 1.29 is 4.79 Å². The number of amides is 1. The summed E-state index contributed by atoms with van der Waals surface area (Å²) in [6.45, 7) is 6.81. The molecule has 3 N–H and O–H groups in total. The molecule has 0 aliphatic carbocycles. The normalized spacial score (nSPS) is 10.9. The van der Waals surface area contributed by atoms with Crippen LogP contribution in [0.2, 0.25) is 0 Å². The maximum Gasteiger partial charge on any atom is 0.271 e. The molecule has 0 aliphatic heterocycles. The van der Waals surface area contributed by atoms with Crippen molar-refractivity contribution in [1.82, 2.24) is 24.9 Å². The van der Waals surface area contributed by atoms with E-state index < -0.39 is 0 Å². The number of aromatic nitrogens is 4. The van der Waals surface area contributed by atoms with E-state index in [9.17, 15) is 4.79 Å².